The van der Waals surface area contributed by atoms with Gasteiger partial charge in [-0.1, -0.05) is 203 Å². The molecule has 12 aromatic rings. The Morgan fingerprint density at radius 3 is 0.569 bits per heavy atom. The van der Waals surface area contributed by atoms with Gasteiger partial charge in [0, 0.05) is 66.1 Å². The Kier molecular flexibility index (Phi) is 89.6. The fraction of sp³-hybridized carbons (Fsp3) is 0.505. The van der Waals surface area contributed by atoms with E-state index >= 15 is 0 Å². The number of para-hydroxylation sites is 2. The minimum absolute atomic E-state index is 0.000185. The van der Waals surface area contributed by atoms with Gasteiger partial charge in [-0.3, -0.25) is 78.7 Å². The van der Waals surface area contributed by atoms with Crippen molar-refractivity contribution in [3.8, 4) is 0 Å². The minimum Gasteiger partial charge on any atom is -0.312 e. The first-order valence-electron chi connectivity index (χ1n) is 50.2. The molecule has 0 saturated carbocycles. The third-order valence-corrected chi connectivity index (χ3v) is 17.3. The first-order valence-corrected chi connectivity index (χ1v) is 50.2. The van der Waals surface area contributed by atoms with Crippen molar-refractivity contribution in [2.45, 2.75) is 204 Å². The van der Waals surface area contributed by atoms with Crippen LogP contribution in [0.1, 0.15) is 166 Å². The molecule has 0 amide bonds. The predicted molar refractivity (Wildman–Crippen MR) is 611 cm³/mol. The lowest BCUT2D eigenvalue weighted by Gasteiger charge is -2.41. The summed E-state index contributed by atoms with van der Waals surface area (Å²) in [4.78, 5) is 117. The van der Waals surface area contributed by atoms with Crippen LogP contribution in [0.2, 0.25) is 0 Å². The monoisotopic (exact) mass is 1990 g/mol. The van der Waals surface area contributed by atoms with Crippen LogP contribution in [0, 0.1) is 0 Å². The third-order valence-electron chi connectivity index (χ3n) is 17.3. The summed E-state index contributed by atoms with van der Waals surface area (Å²) in [6, 6.07) is 34.3. The number of anilines is 12. The molecule has 144 heavy (non-hydrogen) atoms. The normalized spacial score (nSPS) is 9.96. The molecule has 0 aliphatic carbocycles. The highest BCUT2D eigenvalue weighted by molar-refractivity contribution is 5.65. The van der Waals surface area contributed by atoms with Crippen LogP contribution in [0.3, 0.4) is 0 Å². The van der Waals surface area contributed by atoms with Crippen molar-refractivity contribution in [1.82, 2.24) is 153 Å². The summed E-state index contributed by atoms with van der Waals surface area (Å²) >= 11 is 0. The van der Waals surface area contributed by atoms with Gasteiger partial charge in [0.1, 0.15) is 88.4 Å². The molecule has 0 unspecified atom stereocenters. The maximum atomic E-state index is 4.30. The van der Waals surface area contributed by atoms with Gasteiger partial charge in [0.25, 0.3) is 0 Å². The molecule has 37 heteroatoms. The molecule has 10 aromatic heterocycles. The lowest BCUT2D eigenvalue weighted by atomic mass is 10.2. The Hall–Kier alpha value is -12.4. The van der Waals surface area contributed by atoms with Gasteiger partial charge in [-0.25, -0.2) is 84.6 Å². The average Bonchev–Trinajstić information content (AvgIpc) is 0.838. The quantitative estimate of drug-likeness (QED) is 0.0378. The Morgan fingerprint density at radius 2 is 0.326 bits per heavy atom. The van der Waals surface area contributed by atoms with E-state index in [4.69, 9.17) is 0 Å². The molecule has 804 valence electrons. The molecule has 10 heterocycles. The molecule has 0 atom stereocenters. The highest BCUT2D eigenvalue weighted by Crippen LogP contribution is 2.33. The summed E-state index contributed by atoms with van der Waals surface area (Å²) in [6.45, 7) is 48.0. The molecule has 0 aliphatic rings. The van der Waals surface area contributed by atoms with E-state index in [1.165, 1.54) is 50.6 Å². The van der Waals surface area contributed by atoms with E-state index in [1.807, 2.05) is 426 Å². The summed E-state index contributed by atoms with van der Waals surface area (Å²) in [6.07, 6.45) is 40.7. The summed E-state index contributed by atoms with van der Waals surface area (Å²) in [5, 5.41) is 0. The van der Waals surface area contributed by atoms with E-state index in [0.29, 0.717) is 17.8 Å². The van der Waals surface area contributed by atoms with Crippen LogP contribution in [-0.4, -0.2) is 360 Å². The predicted octanol–water partition coefficient (Wildman–Crippen LogP) is 20.2. The molecule has 0 radical (unpaired) electrons. The van der Waals surface area contributed by atoms with Gasteiger partial charge in [0.15, 0.2) is 0 Å². The topological polar surface area (TPSA) is 303 Å². The van der Waals surface area contributed by atoms with Crippen molar-refractivity contribution >= 4 is 69.0 Å². The molecule has 0 saturated heterocycles. The van der Waals surface area contributed by atoms with Crippen LogP contribution in [0.25, 0.3) is 0 Å². The number of aromatic nitrogens is 19. The van der Waals surface area contributed by atoms with E-state index < -0.39 is 0 Å². The van der Waals surface area contributed by atoms with Crippen molar-refractivity contribution in [3.63, 3.8) is 0 Å². The lowest BCUT2D eigenvalue weighted by Crippen LogP contribution is -2.52. The second-order valence-electron chi connectivity index (χ2n) is 29.5. The molecular weight excluding hydrogens is 1800 g/mol. The number of hydrogen-bond acceptors (Lipinski definition) is 37. The Balaban J connectivity index is -0.000000380. The van der Waals surface area contributed by atoms with Gasteiger partial charge in [0.2, 0.25) is 17.8 Å². The second-order valence-corrected chi connectivity index (χ2v) is 29.5. The summed E-state index contributed by atoms with van der Waals surface area (Å²) in [7, 11) is 48.8. The molecule has 12 rings (SSSR count). The first kappa shape index (κ1) is 142. The largest absolute Gasteiger partial charge is 0.312 e. The van der Waals surface area contributed by atoms with Gasteiger partial charge >= 0.3 is 0 Å². The Morgan fingerprint density at radius 1 is 0.139 bits per heavy atom. The maximum absolute atomic E-state index is 4.30. The second kappa shape index (κ2) is 90.6. The number of rotatable bonds is 30. The summed E-state index contributed by atoms with van der Waals surface area (Å²) < 4.78 is 0. The van der Waals surface area contributed by atoms with Crippen LogP contribution in [0.4, 0.5) is 69.0 Å². The van der Waals surface area contributed by atoms with E-state index in [1.54, 1.807) is 74.2 Å². The van der Waals surface area contributed by atoms with Crippen molar-refractivity contribution in [1.29, 1.82) is 0 Å². The van der Waals surface area contributed by atoms with Crippen LogP contribution < -0.4 is 29.4 Å². The molecule has 0 N–H and O–H groups in total. The first-order chi connectivity index (χ1) is 69.7. The van der Waals surface area contributed by atoms with Gasteiger partial charge in [0.05, 0.1) is 84.2 Å². The number of pyridine rings is 3. The van der Waals surface area contributed by atoms with E-state index in [2.05, 4.69) is 221 Å². The zero-order valence-corrected chi connectivity index (χ0v) is 97.7. The maximum Gasteiger partial charge on any atom is 0.237 e. The number of benzene rings is 2. The van der Waals surface area contributed by atoms with E-state index in [-0.39, 0.29) is 37.7 Å². The van der Waals surface area contributed by atoms with Gasteiger partial charge < -0.3 is 19.6 Å². The summed E-state index contributed by atoms with van der Waals surface area (Å²) in [5.74, 6) is 1.66. The zero-order chi connectivity index (χ0) is 111. The van der Waals surface area contributed by atoms with Crippen molar-refractivity contribution < 1.29 is 0 Å². The third kappa shape index (κ3) is 51.7. The highest BCUT2D eigenvalue weighted by Gasteiger charge is 2.33. The van der Waals surface area contributed by atoms with Crippen molar-refractivity contribution in [2.75, 3.05) is 199 Å². The van der Waals surface area contributed by atoms with Gasteiger partial charge in [-0.15, -0.1) is 0 Å². The molecule has 0 spiro atoms. The van der Waals surface area contributed by atoms with E-state index in [9.17, 15) is 0 Å². The molecule has 0 fully saturated rings. The standard InChI is InChI=1S/C16H22N4.3C14H20N6.C13H19N7.C12H18N8.12C2H6/c1-18(2)16(19(3)4)20(14-8-6-5-7-9-14)15-10-12-17-13-11-15;1-18(2)14(19(3)4)20(12-5-7-15-8-6-12)13-9-16-11-17-10-13;1-18(2)14(19(3)4)20(12-6-5-7-15-8-12)13-9-16-11-17-10-13;1-18(2)14(19(3)4)20(12-8-6-5-7-9-12)13-16-10-15-11-17-13;1-18(2)13(19(3)4)20(11-5-14-9-15-6-11)12-7-16-10-17-8-12;1-18(2)12(19(3)4)20(10-14-6-5-7-15-10)11-16-8-13-9-17-11;12*1-2/h5-13,16H,1-4H3;3*5-11,14H,1-4H3;5-10,13H,1-4H3;5-9,12H,1-4H3;12*1-2H3. The van der Waals surface area contributed by atoms with Crippen LogP contribution in [0.5, 0.6) is 0 Å². The fourth-order valence-electron chi connectivity index (χ4n) is 13.3. The average molecular weight is 2000 g/mol. The Labute approximate surface area is 873 Å². The summed E-state index contributed by atoms with van der Waals surface area (Å²) in [5.41, 5.74) is 8.98. The highest BCUT2D eigenvalue weighted by atomic mass is 15.6. The van der Waals surface area contributed by atoms with Crippen molar-refractivity contribution in [3.05, 3.63) is 253 Å². The number of nitrogens with zero attached hydrogens (tertiary/aromatic N) is 37. The zero-order valence-electron chi connectivity index (χ0n) is 97.7. The Bertz CT molecular complexity index is 3580. The molecular formula is C107H191N37. The molecule has 0 bridgehead atoms. The van der Waals surface area contributed by atoms with Crippen LogP contribution in [-0.2, 0) is 0 Å². The lowest BCUT2D eigenvalue weighted by molar-refractivity contribution is 0.132. The van der Waals surface area contributed by atoms with Crippen LogP contribution in [0.15, 0.2) is 253 Å². The smallest absolute Gasteiger partial charge is 0.237 e. The van der Waals surface area contributed by atoms with Crippen molar-refractivity contribution in [2.24, 2.45) is 0 Å². The van der Waals surface area contributed by atoms with Gasteiger partial charge in [-0.05, 0) is 236 Å². The van der Waals surface area contributed by atoms with Gasteiger partial charge in [-0.2, -0.15) is 0 Å². The molecule has 37 nitrogen and oxygen atoms in total. The number of hydrogen-bond donors (Lipinski definition) is 0. The van der Waals surface area contributed by atoms with Crippen LogP contribution >= 0.6 is 0 Å². The SMILES string of the molecule is CC.CC.CC.CC.CC.CC.CC.CC.CC.CC.CC.CC.CN(C)C(N(C)C)N(c1ccccc1)c1ccncc1.CN(C)C(N(C)C)N(c1ccccc1)c1ncncn1.CN(C)C(N(C)C)N(c1cccnc1)c1cncnc1.CN(C)C(N(C)C)N(c1ccncc1)c1cncnc1.CN(C)C(N(C)C)N(c1cncnc1)c1cncnc1.CN(C)C(N(C)C)N(c1ncccn1)c1ncncn1. The molecule has 2 aromatic carbocycles. The fourth-order valence-corrected chi connectivity index (χ4v) is 13.3. The van der Waals surface area contributed by atoms with E-state index in [0.717, 1.165) is 51.2 Å². The molecule has 0 aliphatic heterocycles. The minimum atomic E-state index is -0.125.